The number of sulfonamides is 1. The molecule has 0 saturated heterocycles. The summed E-state index contributed by atoms with van der Waals surface area (Å²) in [6.45, 7) is 7.34. The molecular formula is C25H30N6O3S. The van der Waals surface area contributed by atoms with Gasteiger partial charge in [-0.15, -0.1) is 0 Å². The lowest BCUT2D eigenvalue weighted by Crippen LogP contribution is -2.28. The molecule has 0 saturated carbocycles. The molecule has 0 unspecified atom stereocenters. The van der Waals surface area contributed by atoms with E-state index in [9.17, 15) is 13.2 Å². The first-order valence-corrected chi connectivity index (χ1v) is 13.0. The highest BCUT2D eigenvalue weighted by Crippen LogP contribution is 2.30. The van der Waals surface area contributed by atoms with Crippen molar-refractivity contribution in [3.63, 3.8) is 0 Å². The molecule has 9 nitrogen and oxygen atoms in total. The number of hydrogen-bond acceptors (Lipinski definition) is 5. The van der Waals surface area contributed by atoms with Gasteiger partial charge in [-0.2, -0.15) is 5.10 Å². The Morgan fingerprint density at radius 3 is 2.40 bits per heavy atom. The van der Waals surface area contributed by atoms with Gasteiger partial charge in [-0.25, -0.2) is 13.4 Å². The second-order valence-corrected chi connectivity index (χ2v) is 10.7. The van der Waals surface area contributed by atoms with Gasteiger partial charge in [-0.3, -0.25) is 14.2 Å². The van der Waals surface area contributed by atoms with Crippen molar-refractivity contribution in [2.75, 3.05) is 10.5 Å². The molecule has 1 amide bonds. The molecule has 2 aromatic heterocycles. The van der Waals surface area contributed by atoms with E-state index in [4.69, 9.17) is 4.98 Å². The maximum atomic E-state index is 13.6. The Kier molecular flexibility index (Phi) is 6.42. The van der Waals surface area contributed by atoms with Crippen LogP contribution in [0.25, 0.3) is 22.4 Å². The normalized spacial score (nSPS) is 12.6. The first-order chi connectivity index (χ1) is 16.5. The van der Waals surface area contributed by atoms with Crippen LogP contribution in [0, 0.1) is 13.8 Å². The van der Waals surface area contributed by atoms with Crippen molar-refractivity contribution in [3.05, 3.63) is 65.0 Å². The molecule has 0 radical (unpaired) electrons. The molecule has 35 heavy (non-hydrogen) atoms. The summed E-state index contributed by atoms with van der Waals surface area (Å²) in [5.41, 5.74) is 5.43. The van der Waals surface area contributed by atoms with Gasteiger partial charge in [0, 0.05) is 30.9 Å². The van der Waals surface area contributed by atoms with Crippen molar-refractivity contribution in [2.45, 2.75) is 33.7 Å². The van der Waals surface area contributed by atoms with E-state index in [1.54, 1.807) is 23.7 Å². The summed E-state index contributed by atoms with van der Waals surface area (Å²) in [6.07, 6.45) is 0. The van der Waals surface area contributed by atoms with E-state index in [1.165, 1.54) is 0 Å². The van der Waals surface area contributed by atoms with Crippen molar-refractivity contribution < 1.29 is 13.2 Å². The van der Waals surface area contributed by atoms with Gasteiger partial charge in [0.15, 0.2) is 0 Å². The number of aromatic nitrogens is 4. The first kappa shape index (κ1) is 24.5. The van der Waals surface area contributed by atoms with Crippen molar-refractivity contribution in [1.82, 2.24) is 24.6 Å². The third kappa shape index (κ3) is 4.66. The van der Waals surface area contributed by atoms with E-state index in [0.717, 1.165) is 22.5 Å². The average Bonchev–Trinajstić information content (AvgIpc) is 3.28. The lowest BCUT2D eigenvalue weighted by molar-refractivity contribution is 0.0941. The second kappa shape index (κ2) is 9.18. The summed E-state index contributed by atoms with van der Waals surface area (Å²) >= 11 is 0. The average molecular weight is 495 g/mol. The summed E-state index contributed by atoms with van der Waals surface area (Å²) in [6, 6.07) is 12.6. The second-order valence-electron chi connectivity index (χ2n) is 8.66. The van der Waals surface area contributed by atoms with Gasteiger partial charge in [-0.05, 0) is 39.8 Å². The summed E-state index contributed by atoms with van der Waals surface area (Å²) in [7, 11) is 0.178. The van der Waals surface area contributed by atoms with Crippen LogP contribution in [0.2, 0.25) is 0 Å². The van der Waals surface area contributed by atoms with Gasteiger partial charge < -0.3 is 9.88 Å². The molecule has 2 aromatic carbocycles. The van der Waals surface area contributed by atoms with Crippen molar-refractivity contribution in [2.24, 2.45) is 14.1 Å². The number of rotatable bonds is 7. The first-order valence-electron chi connectivity index (χ1n) is 11.4. The lowest BCUT2D eigenvalue weighted by atomic mass is 10.1. The third-order valence-electron chi connectivity index (χ3n) is 6.24. The molecule has 184 valence electrons. The Labute approximate surface area is 205 Å². The van der Waals surface area contributed by atoms with Crippen LogP contribution in [0.5, 0.6) is 0 Å². The monoisotopic (exact) mass is 494 g/mol. The Hall–Kier alpha value is -3.66. The van der Waals surface area contributed by atoms with Crippen molar-refractivity contribution in [1.29, 1.82) is 0 Å². The molecule has 4 rings (SSSR count). The standard InChI is InChI=1S/C25H30N6O3S/c1-7-35(33,34)29-19-13-20(25(32)26-15(2)22-16(3)28-31(6)17(22)4)23-21(14-19)27-24(30(23)5)18-11-9-8-10-12-18/h8-15,29H,7H2,1-6H3,(H,26,32)/t15-/m1/s1. The maximum absolute atomic E-state index is 13.6. The number of nitrogens with zero attached hydrogens (tertiary/aromatic N) is 4. The summed E-state index contributed by atoms with van der Waals surface area (Å²) in [4.78, 5) is 18.3. The van der Waals surface area contributed by atoms with E-state index < -0.39 is 10.0 Å². The summed E-state index contributed by atoms with van der Waals surface area (Å²) in [5, 5.41) is 7.52. The fourth-order valence-corrected chi connectivity index (χ4v) is 5.07. The minimum atomic E-state index is -3.54. The SMILES string of the molecule is CCS(=O)(=O)Nc1cc(C(=O)N[C@H](C)c2c(C)nn(C)c2C)c2c(c1)nc(-c1ccccc1)n2C. The number of nitrogens with one attached hydrogen (secondary N) is 2. The van der Waals surface area contributed by atoms with E-state index >= 15 is 0 Å². The molecule has 2 N–H and O–H groups in total. The number of carbonyl (C=O) groups is 1. The van der Waals surface area contributed by atoms with Crippen molar-refractivity contribution >= 4 is 32.7 Å². The number of hydrogen-bond donors (Lipinski definition) is 2. The van der Waals surface area contributed by atoms with Crippen LogP contribution in [0.3, 0.4) is 0 Å². The smallest absolute Gasteiger partial charge is 0.254 e. The molecular weight excluding hydrogens is 464 g/mol. The molecule has 0 aliphatic heterocycles. The molecule has 0 spiro atoms. The van der Waals surface area contributed by atoms with Gasteiger partial charge in [0.2, 0.25) is 10.0 Å². The number of carbonyl (C=O) groups excluding carboxylic acids is 1. The van der Waals surface area contributed by atoms with E-state index in [1.807, 2.05) is 69.8 Å². The molecule has 4 aromatic rings. The van der Waals surface area contributed by atoms with Crippen molar-refractivity contribution in [3.8, 4) is 11.4 Å². The van der Waals surface area contributed by atoms with Gasteiger partial charge in [0.05, 0.1) is 39.8 Å². The van der Waals surface area contributed by atoms with Gasteiger partial charge in [0.25, 0.3) is 5.91 Å². The van der Waals surface area contributed by atoms with E-state index in [-0.39, 0.29) is 17.7 Å². The summed E-state index contributed by atoms with van der Waals surface area (Å²) < 4.78 is 30.8. The fraction of sp³-hybridized carbons (Fsp3) is 0.320. The Morgan fingerprint density at radius 2 is 1.80 bits per heavy atom. The minimum absolute atomic E-state index is 0.0827. The van der Waals surface area contributed by atoms with Gasteiger partial charge in [0.1, 0.15) is 5.82 Å². The highest BCUT2D eigenvalue weighted by Gasteiger charge is 2.23. The molecule has 2 heterocycles. The zero-order chi connectivity index (χ0) is 25.5. The Morgan fingerprint density at radius 1 is 1.11 bits per heavy atom. The Bertz CT molecular complexity index is 1520. The number of benzene rings is 2. The lowest BCUT2D eigenvalue weighted by Gasteiger charge is -2.17. The molecule has 0 aliphatic rings. The largest absolute Gasteiger partial charge is 0.345 e. The Balaban J connectivity index is 1.83. The topological polar surface area (TPSA) is 111 Å². The van der Waals surface area contributed by atoms with Crippen LogP contribution in [-0.4, -0.2) is 39.4 Å². The zero-order valence-electron chi connectivity index (χ0n) is 20.7. The highest BCUT2D eigenvalue weighted by molar-refractivity contribution is 7.92. The molecule has 0 bridgehead atoms. The fourth-order valence-electron chi connectivity index (χ4n) is 4.44. The number of amides is 1. The van der Waals surface area contributed by atoms with Gasteiger partial charge in [-0.1, -0.05) is 30.3 Å². The van der Waals surface area contributed by atoms with Crippen LogP contribution in [-0.2, 0) is 24.1 Å². The van der Waals surface area contributed by atoms with Crippen LogP contribution in [0.4, 0.5) is 5.69 Å². The summed E-state index contributed by atoms with van der Waals surface area (Å²) in [5.74, 6) is 0.267. The third-order valence-corrected chi connectivity index (χ3v) is 7.55. The maximum Gasteiger partial charge on any atom is 0.254 e. The zero-order valence-corrected chi connectivity index (χ0v) is 21.6. The molecule has 0 fully saturated rings. The van der Waals surface area contributed by atoms with E-state index in [2.05, 4.69) is 15.1 Å². The quantitative estimate of drug-likeness (QED) is 0.406. The number of imidazole rings is 1. The number of fused-ring (bicyclic) bond motifs is 1. The predicted molar refractivity (Wildman–Crippen MR) is 138 cm³/mol. The molecule has 0 aliphatic carbocycles. The number of aryl methyl sites for hydroxylation is 3. The minimum Gasteiger partial charge on any atom is -0.345 e. The highest BCUT2D eigenvalue weighted by atomic mass is 32.2. The molecule has 1 atom stereocenters. The van der Waals surface area contributed by atoms with E-state index in [0.29, 0.717) is 28.1 Å². The van der Waals surface area contributed by atoms with Gasteiger partial charge >= 0.3 is 0 Å². The van der Waals surface area contributed by atoms with Crippen LogP contribution in [0.15, 0.2) is 42.5 Å². The van der Waals surface area contributed by atoms with Crippen LogP contribution < -0.4 is 10.0 Å². The number of anilines is 1. The van der Waals surface area contributed by atoms with Crippen LogP contribution in [0.1, 0.15) is 47.2 Å². The van der Waals surface area contributed by atoms with Crippen LogP contribution >= 0.6 is 0 Å². The predicted octanol–water partition coefficient (Wildman–Crippen LogP) is 3.84. The molecule has 10 heteroatoms.